The normalized spacial score (nSPS) is 21.1. The summed E-state index contributed by atoms with van der Waals surface area (Å²) in [6.45, 7) is 5.00. The largest absolute Gasteiger partial charge is 0.481 e. The van der Waals surface area contributed by atoms with Crippen molar-refractivity contribution in [3.8, 4) is 0 Å². The molecule has 1 aliphatic heterocycles. The zero-order valence-corrected chi connectivity index (χ0v) is 14.5. The van der Waals surface area contributed by atoms with Crippen LogP contribution in [-0.2, 0) is 16.1 Å². The SMILES string of the molecule is CC(C)N(C)C1CC(C(=O)O)CN(C(=O)OCc2ccccc2)C1. The number of rotatable bonds is 5. The van der Waals surface area contributed by atoms with Gasteiger partial charge in [0.1, 0.15) is 6.61 Å². The van der Waals surface area contributed by atoms with E-state index in [1.165, 1.54) is 4.90 Å². The van der Waals surface area contributed by atoms with Crippen LogP contribution in [0.25, 0.3) is 0 Å². The molecule has 1 amide bonds. The number of carbonyl (C=O) groups excluding carboxylic acids is 1. The Labute approximate surface area is 143 Å². The number of piperidine rings is 1. The van der Waals surface area contributed by atoms with Crippen molar-refractivity contribution in [3.05, 3.63) is 35.9 Å². The molecule has 1 heterocycles. The summed E-state index contributed by atoms with van der Waals surface area (Å²) in [6.07, 6.45) is 0.0962. The molecule has 0 saturated carbocycles. The monoisotopic (exact) mass is 334 g/mol. The van der Waals surface area contributed by atoms with Gasteiger partial charge in [-0.2, -0.15) is 0 Å². The van der Waals surface area contributed by atoms with Gasteiger partial charge < -0.3 is 14.7 Å². The number of hydrogen-bond acceptors (Lipinski definition) is 4. The van der Waals surface area contributed by atoms with Crippen LogP contribution in [-0.4, -0.2) is 59.2 Å². The standard InChI is InChI=1S/C18H26N2O4/c1-13(2)19(3)16-9-15(17(21)22)10-20(11-16)18(23)24-12-14-7-5-4-6-8-14/h4-8,13,15-16H,9-12H2,1-3H3,(H,21,22). The van der Waals surface area contributed by atoms with Gasteiger partial charge in [-0.1, -0.05) is 30.3 Å². The molecule has 0 spiro atoms. The number of aliphatic carboxylic acids is 1. The second-order valence-electron chi connectivity index (χ2n) is 6.63. The van der Waals surface area contributed by atoms with Crippen LogP contribution in [0.15, 0.2) is 30.3 Å². The van der Waals surface area contributed by atoms with Crippen LogP contribution < -0.4 is 0 Å². The molecule has 0 aromatic heterocycles. The van der Waals surface area contributed by atoms with E-state index in [4.69, 9.17) is 4.74 Å². The minimum Gasteiger partial charge on any atom is -0.481 e. The van der Waals surface area contributed by atoms with Crippen molar-refractivity contribution >= 4 is 12.1 Å². The zero-order chi connectivity index (χ0) is 17.7. The molecule has 6 nitrogen and oxygen atoms in total. The molecule has 1 aromatic carbocycles. The van der Waals surface area contributed by atoms with Crippen LogP contribution in [0.4, 0.5) is 4.79 Å². The molecule has 0 aliphatic carbocycles. The lowest BCUT2D eigenvalue weighted by molar-refractivity contribution is -0.144. The fourth-order valence-corrected chi connectivity index (χ4v) is 2.93. The minimum absolute atomic E-state index is 0.0177. The average Bonchev–Trinajstić information content (AvgIpc) is 2.59. The van der Waals surface area contributed by atoms with Crippen molar-refractivity contribution in [1.29, 1.82) is 0 Å². The van der Waals surface area contributed by atoms with Crippen molar-refractivity contribution in [3.63, 3.8) is 0 Å². The molecule has 2 rings (SSSR count). The highest BCUT2D eigenvalue weighted by Crippen LogP contribution is 2.23. The molecule has 2 atom stereocenters. The van der Waals surface area contributed by atoms with Gasteiger partial charge in [-0.05, 0) is 32.9 Å². The molecule has 1 saturated heterocycles. The smallest absolute Gasteiger partial charge is 0.410 e. The molecular formula is C18H26N2O4. The highest BCUT2D eigenvalue weighted by atomic mass is 16.6. The van der Waals surface area contributed by atoms with Gasteiger partial charge in [0, 0.05) is 25.2 Å². The fraction of sp³-hybridized carbons (Fsp3) is 0.556. The maximum atomic E-state index is 12.4. The van der Waals surface area contributed by atoms with Crippen molar-refractivity contribution in [1.82, 2.24) is 9.80 Å². The summed E-state index contributed by atoms with van der Waals surface area (Å²) >= 11 is 0. The van der Waals surface area contributed by atoms with Gasteiger partial charge in [0.25, 0.3) is 0 Å². The zero-order valence-electron chi connectivity index (χ0n) is 14.5. The lowest BCUT2D eigenvalue weighted by Crippen LogP contribution is -2.54. The first-order valence-corrected chi connectivity index (χ1v) is 8.28. The minimum atomic E-state index is -0.863. The summed E-state index contributed by atoms with van der Waals surface area (Å²) in [6, 6.07) is 9.75. The van der Waals surface area contributed by atoms with E-state index in [1.54, 1.807) is 0 Å². The Morgan fingerprint density at radius 1 is 1.29 bits per heavy atom. The number of likely N-dealkylation sites (N-methyl/N-ethyl adjacent to an activating group) is 1. The summed E-state index contributed by atoms with van der Waals surface area (Å²) in [5, 5.41) is 9.39. The van der Waals surface area contributed by atoms with Crippen molar-refractivity contribution in [2.75, 3.05) is 20.1 Å². The number of amides is 1. The first kappa shape index (κ1) is 18.3. The number of likely N-dealkylation sites (tertiary alicyclic amines) is 1. The predicted molar refractivity (Wildman–Crippen MR) is 90.6 cm³/mol. The molecule has 1 aromatic rings. The third kappa shape index (κ3) is 4.71. The Balaban J connectivity index is 2.00. The van der Waals surface area contributed by atoms with E-state index in [2.05, 4.69) is 18.7 Å². The van der Waals surface area contributed by atoms with Gasteiger partial charge in [-0.3, -0.25) is 9.69 Å². The third-order valence-corrected chi connectivity index (χ3v) is 4.63. The number of ether oxygens (including phenoxy) is 1. The fourth-order valence-electron chi connectivity index (χ4n) is 2.93. The summed E-state index contributed by atoms with van der Waals surface area (Å²) < 4.78 is 5.36. The molecule has 0 radical (unpaired) electrons. The summed E-state index contributed by atoms with van der Waals surface area (Å²) in [7, 11) is 1.97. The number of carboxylic acid groups (broad SMARTS) is 1. The number of carboxylic acids is 1. The summed E-state index contributed by atoms with van der Waals surface area (Å²) in [5.74, 6) is -1.42. The first-order valence-electron chi connectivity index (χ1n) is 8.28. The Bertz CT molecular complexity index is 561. The predicted octanol–water partition coefficient (Wildman–Crippen LogP) is 2.44. The van der Waals surface area contributed by atoms with Gasteiger partial charge in [0.05, 0.1) is 5.92 Å². The second kappa shape index (κ2) is 8.15. The van der Waals surface area contributed by atoms with E-state index in [1.807, 2.05) is 37.4 Å². The van der Waals surface area contributed by atoms with E-state index in [9.17, 15) is 14.7 Å². The van der Waals surface area contributed by atoms with E-state index in [0.717, 1.165) is 5.56 Å². The highest BCUT2D eigenvalue weighted by Gasteiger charge is 2.36. The lowest BCUT2D eigenvalue weighted by atomic mass is 9.93. The van der Waals surface area contributed by atoms with Crippen LogP contribution >= 0.6 is 0 Å². The van der Waals surface area contributed by atoms with Crippen LogP contribution in [0.3, 0.4) is 0 Å². The summed E-state index contributed by atoms with van der Waals surface area (Å²) in [5.41, 5.74) is 0.911. The highest BCUT2D eigenvalue weighted by molar-refractivity contribution is 5.73. The van der Waals surface area contributed by atoms with E-state index in [0.29, 0.717) is 13.0 Å². The van der Waals surface area contributed by atoms with Crippen LogP contribution in [0.2, 0.25) is 0 Å². The molecular weight excluding hydrogens is 308 g/mol. The van der Waals surface area contributed by atoms with Crippen LogP contribution in [0, 0.1) is 5.92 Å². The second-order valence-corrected chi connectivity index (χ2v) is 6.63. The molecule has 2 unspecified atom stereocenters. The molecule has 1 N–H and O–H groups in total. The maximum Gasteiger partial charge on any atom is 0.410 e. The summed E-state index contributed by atoms with van der Waals surface area (Å²) in [4.78, 5) is 27.5. The average molecular weight is 334 g/mol. The molecule has 1 fully saturated rings. The van der Waals surface area contributed by atoms with Crippen molar-refractivity contribution < 1.29 is 19.4 Å². The molecule has 1 aliphatic rings. The third-order valence-electron chi connectivity index (χ3n) is 4.63. The number of benzene rings is 1. The Hall–Kier alpha value is -2.08. The van der Waals surface area contributed by atoms with E-state index >= 15 is 0 Å². The van der Waals surface area contributed by atoms with Gasteiger partial charge in [-0.25, -0.2) is 4.79 Å². The van der Waals surface area contributed by atoms with E-state index in [-0.39, 0.29) is 25.2 Å². The molecule has 0 bridgehead atoms. The molecule has 132 valence electrons. The van der Waals surface area contributed by atoms with Gasteiger partial charge in [0.2, 0.25) is 0 Å². The Morgan fingerprint density at radius 2 is 1.96 bits per heavy atom. The Kier molecular flexibility index (Phi) is 6.20. The number of hydrogen-bond donors (Lipinski definition) is 1. The topological polar surface area (TPSA) is 70.1 Å². The first-order chi connectivity index (χ1) is 11.4. The maximum absolute atomic E-state index is 12.4. The number of carbonyl (C=O) groups is 2. The number of nitrogens with zero attached hydrogens (tertiary/aromatic N) is 2. The van der Waals surface area contributed by atoms with Crippen LogP contribution in [0.1, 0.15) is 25.8 Å². The van der Waals surface area contributed by atoms with Crippen molar-refractivity contribution in [2.45, 2.75) is 39.0 Å². The van der Waals surface area contributed by atoms with Gasteiger partial charge in [0.15, 0.2) is 0 Å². The van der Waals surface area contributed by atoms with Gasteiger partial charge >= 0.3 is 12.1 Å². The van der Waals surface area contributed by atoms with E-state index < -0.39 is 18.0 Å². The van der Waals surface area contributed by atoms with Crippen LogP contribution in [0.5, 0.6) is 0 Å². The molecule has 24 heavy (non-hydrogen) atoms. The lowest BCUT2D eigenvalue weighted by Gasteiger charge is -2.41. The quantitative estimate of drug-likeness (QED) is 0.895. The van der Waals surface area contributed by atoms with Gasteiger partial charge in [-0.15, -0.1) is 0 Å². The Morgan fingerprint density at radius 3 is 2.54 bits per heavy atom. The molecule has 6 heteroatoms. The van der Waals surface area contributed by atoms with Crippen molar-refractivity contribution in [2.24, 2.45) is 5.92 Å².